The molecule has 0 aliphatic carbocycles. The molecule has 6 nitrogen and oxygen atoms in total. The molecule has 0 fully saturated rings. The zero-order valence-corrected chi connectivity index (χ0v) is 13.1. The molecule has 0 saturated heterocycles. The van der Waals surface area contributed by atoms with Crippen LogP contribution < -0.4 is 10.6 Å². The molecule has 2 aromatic carbocycles. The van der Waals surface area contributed by atoms with Gasteiger partial charge in [-0.15, -0.1) is 5.10 Å². The largest absolute Gasteiger partial charge is 0.416 e. The Bertz CT molecular complexity index is 948. The van der Waals surface area contributed by atoms with Gasteiger partial charge in [-0.25, -0.2) is 0 Å². The Labute approximate surface area is 146 Å². The van der Waals surface area contributed by atoms with Gasteiger partial charge in [0.2, 0.25) is 5.95 Å². The minimum absolute atomic E-state index is 0.178. The SMILES string of the molecule is N#Cc1cccc(Nc2nncc(Nc3ccc(C(F)(F)F)cc3)n2)c1. The van der Waals surface area contributed by atoms with Gasteiger partial charge in [-0.05, 0) is 42.5 Å². The molecule has 2 N–H and O–H groups in total. The third kappa shape index (κ3) is 4.24. The van der Waals surface area contributed by atoms with Gasteiger partial charge in [-0.1, -0.05) is 6.07 Å². The first-order valence-corrected chi connectivity index (χ1v) is 7.35. The zero-order valence-electron chi connectivity index (χ0n) is 13.1. The van der Waals surface area contributed by atoms with Crippen molar-refractivity contribution in [3.63, 3.8) is 0 Å². The molecule has 0 unspecified atom stereocenters. The number of nitrogens with one attached hydrogen (secondary N) is 2. The molecule has 26 heavy (non-hydrogen) atoms. The fourth-order valence-corrected chi connectivity index (χ4v) is 2.10. The molecule has 3 aromatic rings. The van der Waals surface area contributed by atoms with Crippen LogP contribution in [0.3, 0.4) is 0 Å². The first kappa shape index (κ1) is 17.2. The van der Waals surface area contributed by atoms with Crippen molar-refractivity contribution < 1.29 is 13.2 Å². The second-order valence-corrected chi connectivity index (χ2v) is 5.18. The Morgan fingerprint density at radius 1 is 0.962 bits per heavy atom. The van der Waals surface area contributed by atoms with Crippen LogP contribution in [0.15, 0.2) is 54.7 Å². The number of hydrogen-bond donors (Lipinski definition) is 2. The average Bonchev–Trinajstić information content (AvgIpc) is 2.62. The van der Waals surface area contributed by atoms with Gasteiger partial charge in [-0.2, -0.15) is 28.5 Å². The topological polar surface area (TPSA) is 86.5 Å². The van der Waals surface area contributed by atoms with Crippen molar-refractivity contribution in [1.29, 1.82) is 5.26 Å². The fraction of sp³-hybridized carbons (Fsp3) is 0.0588. The number of nitriles is 1. The van der Waals surface area contributed by atoms with Crippen LogP contribution in [0, 0.1) is 11.3 Å². The van der Waals surface area contributed by atoms with Gasteiger partial charge in [-0.3, -0.25) is 0 Å². The van der Waals surface area contributed by atoms with Crippen molar-refractivity contribution in [3.8, 4) is 6.07 Å². The molecular weight excluding hydrogens is 345 g/mol. The number of anilines is 4. The van der Waals surface area contributed by atoms with Crippen molar-refractivity contribution in [2.24, 2.45) is 0 Å². The van der Waals surface area contributed by atoms with E-state index in [1.54, 1.807) is 24.3 Å². The van der Waals surface area contributed by atoms with E-state index in [2.05, 4.69) is 25.8 Å². The summed E-state index contributed by atoms with van der Waals surface area (Å²) >= 11 is 0. The maximum absolute atomic E-state index is 12.6. The van der Waals surface area contributed by atoms with E-state index >= 15 is 0 Å². The molecule has 0 aliphatic rings. The molecular formula is C17H11F3N6. The summed E-state index contributed by atoms with van der Waals surface area (Å²) in [5, 5.41) is 22.3. The molecule has 0 radical (unpaired) electrons. The van der Waals surface area contributed by atoms with Crippen molar-refractivity contribution >= 4 is 23.1 Å². The van der Waals surface area contributed by atoms with E-state index in [9.17, 15) is 13.2 Å². The van der Waals surface area contributed by atoms with Crippen LogP contribution in [0.1, 0.15) is 11.1 Å². The van der Waals surface area contributed by atoms with Crippen LogP contribution in [0.5, 0.6) is 0 Å². The molecule has 0 saturated carbocycles. The smallest absolute Gasteiger partial charge is 0.339 e. The number of halogens is 3. The van der Waals surface area contributed by atoms with Crippen LogP contribution in [0.2, 0.25) is 0 Å². The van der Waals surface area contributed by atoms with Gasteiger partial charge in [0, 0.05) is 11.4 Å². The number of nitrogens with zero attached hydrogens (tertiary/aromatic N) is 4. The maximum Gasteiger partial charge on any atom is 0.416 e. The molecule has 3 rings (SSSR count). The highest BCUT2D eigenvalue weighted by molar-refractivity contribution is 5.60. The van der Waals surface area contributed by atoms with E-state index in [0.717, 1.165) is 12.1 Å². The Balaban J connectivity index is 1.74. The Morgan fingerprint density at radius 2 is 1.73 bits per heavy atom. The predicted octanol–water partition coefficient (Wildman–Crippen LogP) is 4.25. The lowest BCUT2D eigenvalue weighted by atomic mass is 10.2. The highest BCUT2D eigenvalue weighted by atomic mass is 19.4. The van der Waals surface area contributed by atoms with E-state index in [1.165, 1.54) is 18.3 Å². The quantitative estimate of drug-likeness (QED) is 0.727. The van der Waals surface area contributed by atoms with Gasteiger partial charge in [0.15, 0.2) is 5.82 Å². The van der Waals surface area contributed by atoms with Crippen molar-refractivity contribution in [3.05, 3.63) is 65.9 Å². The summed E-state index contributed by atoms with van der Waals surface area (Å²) in [5.41, 5.74) is 0.777. The van der Waals surface area contributed by atoms with Crippen molar-refractivity contribution in [2.45, 2.75) is 6.18 Å². The van der Waals surface area contributed by atoms with Gasteiger partial charge >= 0.3 is 6.18 Å². The fourth-order valence-electron chi connectivity index (χ4n) is 2.10. The summed E-state index contributed by atoms with van der Waals surface area (Å²) in [5.74, 6) is 0.482. The molecule has 0 aliphatic heterocycles. The third-order valence-electron chi connectivity index (χ3n) is 3.29. The number of hydrogen-bond acceptors (Lipinski definition) is 6. The first-order valence-electron chi connectivity index (χ1n) is 7.35. The summed E-state index contributed by atoms with van der Waals surface area (Å²) in [6, 6.07) is 13.3. The lowest BCUT2D eigenvalue weighted by Gasteiger charge is -2.10. The zero-order chi connectivity index (χ0) is 18.6. The highest BCUT2D eigenvalue weighted by Gasteiger charge is 2.29. The van der Waals surface area contributed by atoms with E-state index in [0.29, 0.717) is 22.8 Å². The minimum atomic E-state index is -4.38. The second kappa shape index (κ2) is 7.06. The molecule has 1 aromatic heterocycles. The molecule has 0 amide bonds. The monoisotopic (exact) mass is 356 g/mol. The number of rotatable bonds is 4. The van der Waals surface area contributed by atoms with Crippen LogP contribution in [-0.2, 0) is 6.18 Å². The molecule has 9 heteroatoms. The summed E-state index contributed by atoms with van der Waals surface area (Å²) in [4.78, 5) is 4.19. The number of aromatic nitrogens is 3. The predicted molar refractivity (Wildman–Crippen MR) is 89.0 cm³/mol. The van der Waals surface area contributed by atoms with Crippen LogP contribution >= 0.6 is 0 Å². The lowest BCUT2D eigenvalue weighted by Crippen LogP contribution is -2.05. The Kier molecular flexibility index (Phi) is 4.66. The van der Waals surface area contributed by atoms with Crippen molar-refractivity contribution in [2.75, 3.05) is 10.6 Å². The van der Waals surface area contributed by atoms with Crippen LogP contribution in [0.4, 0.5) is 36.3 Å². The molecule has 0 atom stereocenters. The van der Waals surface area contributed by atoms with Gasteiger partial charge in [0.05, 0.1) is 23.4 Å². The molecule has 0 bridgehead atoms. The first-order chi connectivity index (χ1) is 12.4. The van der Waals surface area contributed by atoms with Crippen LogP contribution in [0.25, 0.3) is 0 Å². The normalized spacial score (nSPS) is 10.8. The van der Waals surface area contributed by atoms with Gasteiger partial charge in [0.1, 0.15) is 0 Å². The summed E-state index contributed by atoms with van der Waals surface area (Å²) in [7, 11) is 0. The van der Waals surface area contributed by atoms with Crippen LogP contribution in [-0.4, -0.2) is 15.2 Å². The standard InChI is InChI=1S/C17H11F3N6/c18-17(19,20)12-4-6-13(7-5-12)23-15-10-22-26-16(25-15)24-14-3-1-2-11(8-14)9-21/h1-8,10H,(H2,23,24,25,26). The average molecular weight is 356 g/mol. The van der Waals surface area contributed by atoms with Gasteiger partial charge < -0.3 is 10.6 Å². The minimum Gasteiger partial charge on any atom is -0.339 e. The Morgan fingerprint density at radius 3 is 2.42 bits per heavy atom. The Hall–Kier alpha value is -3.67. The second-order valence-electron chi connectivity index (χ2n) is 5.18. The van der Waals surface area contributed by atoms with E-state index in [1.807, 2.05) is 6.07 Å². The highest BCUT2D eigenvalue weighted by Crippen LogP contribution is 2.30. The maximum atomic E-state index is 12.6. The lowest BCUT2D eigenvalue weighted by molar-refractivity contribution is -0.137. The summed E-state index contributed by atoms with van der Waals surface area (Å²) < 4.78 is 37.7. The van der Waals surface area contributed by atoms with E-state index in [4.69, 9.17) is 5.26 Å². The van der Waals surface area contributed by atoms with Gasteiger partial charge in [0.25, 0.3) is 0 Å². The van der Waals surface area contributed by atoms with Crippen molar-refractivity contribution in [1.82, 2.24) is 15.2 Å². The molecule has 0 spiro atoms. The van der Waals surface area contributed by atoms with E-state index in [-0.39, 0.29) is 5.95 Å². The number of alkyl halides is 3. The van der Waals surface area contributed by atoms with E-state index < -0.39 is 11.7 Å². The molecule has 130 valence electrons. The third-order valence-corrected chi connectivity index (χ3v) is 3.29. The number of benzene rings is 2. The summed E-state index contributed by atoms with van der Waals surface area (Å²) in [6.07, 6.45) is -3.04. The summed E-state index contributed by atoms with van der Waals surface area (Å²) in [6.45, 7) is 0. The molecule has 1 heterocycles.